The van der Waals surface area contributed by atoms with Crippen LogP contribution in [0.25, 0.3) is 0 Å². The van der Waals surface area contributed by atoms with Crippen molar-refractivity contribution in [3.63, 3.8) is 0 Å². The first-order valence-electron chi connectivity index (χ1n) is 9.70. The number of anilines is 2. The number of nitrogens with zero attached hydrogens (tertiary/aromatic N) is 5. The monoisotopic (exact) mass is 447 g/mol. The number of carbonyl (C=O) groups is 1. The molecule has 2 aliphatic rings. The van der Waals surface area contributed by atoms with E-state index in [9.17, 15) is 13.6 Å². The first-order chi connectivity index (χ1) is 15.2. The lowest BCUT2D eigenvalue weighted by Crippen LogP contribution is -2.38. The fourth-order valence-electron chi connectivity index (χ4n) is 3.02. The summed E-state index contributed by atoms with van der Waals surface area (Å²) in [6.45, 7) is 3.67. The van der Waals surface area contributed by atoms with Crippen LogP contribution < -0.4 is 21.3 Å². The van der Waals surface area contributed by atoms with E-state index in [1.165, 1.54) is 6.07 Å². The number of hydrogen-bond donors (Lipinski definition) is 5. The summed E-state index contributed by atoms with van der Waals surface area (Å²) < 4.78 is 26.2. The number of hydrogen-bond acceptors (Lipinski definition) is 8. The highest BCUT2D eigenvalue weighted by atomic mass is 19.3. The highest BCUT2D eigenvalue weighted by Crippen LogP contribution is 2.49. The van der Waals surface area contributed by atoms with Gasteiger partial charge in [0.05, 0.1) is 23.8 Å². The van der Waals surface area contributed by atoms with Crippen molar-refractivity contribution in [2.75, 3.05) is 10.2 Å². The van der Waals surface area contributed by atoms with E-state index in [4.69, 9.17) is 16.4 Å². The van der Waals surface area contributed by atoms with E-state index in [1.54, 1.807) is 6.20 Å². The maximum absolute atomic E-state index is 13.1. The van der Waals surface area contributed by atoms with E-state index in [2.05, 4.69) is 30.7 Å². The molecule has 1 amide bonds. The van der Waals surface area contributed by atoms with Gasteiger partial charge in [0.25, 0.3) is 5.92 Å². The summed E-state index contributed by atoms with van der Waals surface area (Å²) >= 11 is 0. The Balaban J connectivity index is 1.75. The predicted octanol–water partition coefficient (Wildman–Crippen LogP) is 1.80. The molecule has 170 valence electrons. The van der Waals surface area contributed by atoms with E-state index in [0.717, 1.165) is 23.1 Å². The summed E-state index contributed by atoms with van der Waals surface area (Å²) in [5.41, 5.74) is 7.86. The lowest BCUT2D eigenvalue weighted by molar-refractivity contribution is -0.119. The first-order valence-corrected chi connectivity index (χ1v) is 9.70. The van der Waals surface area contributed by atoms with Crippen LogP contribution in [-0.4, -0.2) is 51.1 Å². The number of oxime groups is 1. The van der Waals surface area contributed by atoms with Gasteiger partial charge in [-0.25, -0.2) is 23.7 Å². The molecule has 0 radical (unpaired) electrons. The normalized spacial score (nSPS) is 22.2. The van der Waals surface area contributed by atoms with Crippen molar-refractivity contribution in [1.82, 2.24) is 15.3 Å². The molecule has 0 saturated heterocycles. The van der Waals surface area contributed by atoms with E-state index in [1.807, 2.05) is 19.9 Å². The number of rotatable bonds is 7. The molecule has 32 heavy (non-hydrogen) atoms. The zero-order chi connectivity index (χ0) is 23.5. The topological polar surface area (TPSA) is 165 Å². The lowest BCUT2D eigenvalue weighted by Gasteiger charge is -2.22. The third-order valence-corrected chi connectivity index (χ3v) is 4.97. The molecule has 1 fully saturated rings. The molecule has 1 saturated carbocycles. The summed E-state index contributed by atoms with van der Waals surface area (Å²) in [6.07, 6.45) is 5.47. The van der Waals surface area contributed by atoms with Gasteiger partial charge in [0, 0.05) is 18.7 Å². The largest absolute Gasteiger partial charge is 0.411 e. The molecule has 2 atom stereocenters. The van der Waals surface area contributed by atoms with E-state index < -0.39 is 24.2 Å². The fourth-order valence-corrected chi connectivity index (χ4v) is 3.02. The highest BCUT2D eigenvalue weighted by Gasteiger charge is 2.61. The molecule has 1 aliphatic heterocycles. The van der Waals surface area contributed by atoms with Crippen molar-refractivity contribution in [2.24, 2.45) is 21.8 Å². The zero-order valence-electron chi connectivity index (χ0n) is 17.4. The number of amides is 1. The molecule has 13 heteroatoms. The van der Waals surface area contributed by atoms with E-state index in [0.29, 0.717) is 17.8 Å². The number of aliphatic imine (C=N–C) groups is 1. The van der Waals surface area contributed by atoms with Gasteiger partial charge in [-0.1, -0.05) is 18.2 Å². The van der Waals surface area contributed by atoms with Gasteiger partial charge < -0.3 is 21.6 Å². The minimum absolute atomic E-state index is 0.00444. The average Bonchev–Trinajstić information content (AvgIpc) is 3.40. The second-order valence-corrected chi connectivity index (χ2v) is 7.21. The average molecular weight is 447 g/mol. The van der Waals surface area contributed by atoms with Gasteiger partial charge in [-0.15, -0.1) is 0 Å². The Morgan fingerprint density at radius 2 is 2.25 bits per heavy atom. The third-order valence-electron chi connectivity index (χ3n) is 4.97. The smallest absolute Gasteiger partial charge is 0.260 e. The van der Waals surface area contributed by atoms with E-state index >= 15 is 0 Å². The number of dihydropyridines is 1. The van der Waals surface area contributed by atoms with Crippen LogP contribution in [-0.2, 0) is 4.79 Å². The van der Waals surface area contributed by atoms with Crippen LogP contribution >= 0.6 is 0 Å². The van der Waals surface area contributed by atoms with Crippen molar-refractivity contribution in [3.05, 3.63) is 35.9 Å². The Morgan fingerprint density at radius 3 is 2.81 bits per heavy atom. The Bertz CT molecular complexity index is 1040. The van der Waals surface area contributed by atoms with Crippen molar-refractivity contribution >= 4 is 35.6 Å². The summed E-state index contributed by atoms with van der Waals surface area (Å²) in [6, 6.07) is 1.01. The minimum atomic E-state index is -2.99. The number of halogens is 2. The second-order valence-electron chi connectivity index (χ2n) is 7.21. The summed E-state index contributed by atoms with van der Waals surface area (Å²) in [5.74, 6) is -5.20. The Morgan fingerprint density at radius 1 is 1.53 bits per heavy atom. The second kappa shape index (κ2) is 9.08. The van der Waals surface area contributed by atoms with Gasteiger partial charge >= 0.3 is 0 Å². The van der Waals surface area contributed by atoms with Crippen LogP contribution in [0.4, 0.5) is 20.4 Å². The fraction of sp³-hybridized carbons (Fsp3) is 0.368. The number of alkyl halides is 2. The number of aromatic nitrogens is 2. The Labute approximate surface area is 182 Å². The van der Waals surface area contributed by atoms with E-state index in [-0.39, 0.29) is 23.6 Å². The van der Waals surface area contributed by atoms with Gasteiger partial charge in [-0.2, -0.15) is 0 Å². The third kappa shape index (κ3) is 4.87. The summed E-state index contributed by atoms with van der Waals surface area (Å²) in [4.78, 5) is 25.2. The maximum atomic E-state index is 13.1. The molecule has 6 N–H and O–H groups in total. The number of carbonyl (C=O) groups excluding carboxylic acids is 1. The number of nitrogens with one attached hydrogen (secondary N) is 3. The van der Waals surface area contributed by atoms with Crippen LogP contribution in [0.2, 0.25) is 0 Å². The zero-order valence-corrected chi connectivity index (χ0v) is 17.4. The lowest BCUT2D eigenvalue weighted by atomic mass is 10.0. The molecule has 0 spiro atoms. The standard InChI is InChI=1S/C19H23F2N9O2/c1-3-12(29-32)13-4-10(2)14(7-24-13)27-18(23)30(8-22)16-5-15(25-9-26-16)28-17(31)11-6-19(11,20)21/h4-5,7-9,11,13,22,24,32H,3,6H2,1-2H3,(H2,23,27)(H,25,26,28,31)/b22-8?,29-12+. The quantitative estimate of drug-likeness (QED) is 0.184. The summed E-state index contributed by atoms with van der Waals surface area (Å²) in [5, 5.41) is 25.4. The van der Waals surface area contributed by atoms with Crippen molar-refractivity contribution in [2.45, 2.75) is 38.7 Å². The molecular weight excluding hydrogens is 424 g/mol. The molecule has 1 aliphatic carbocycles. The van der Waals surface area contributed by atoms with Gasteiger partial charge in [0.1, 0.15) is 23.9 Å². The summed E-state index contributed by atoms with van der Waals surface area (Å²) in [7, 11) is 0. The number of allylic oxidation sites excluding steroid dienone is 1. The minimum Gasteiger partial charge on any atom is -0.411 e. The van der Waals surface area contributed by atoms with Crippen molar-refractivity contribution in [3.8, 4) is 0 Å². The van der Waals surface area contributed by atoms with Crippen molar-refractivity contribution < 1.29 is 18.8 Å². The molecule has 0 bridgehead atoms. The van der Waals surface area contributed by atoms with Gasteiger partial charge in [-0.05, 0) is 18.9 Å². The van der Waals surface area contributed by atoms with Crippen molar-refractivity contribution in [1.29, 1.82) is 5.41 Å². The molecule has 1 aromatic heterocycles. The molecule has 11 nitrogen and oxygen atoms in total. The van der Waals surface area contributed by atoms with Crippen LogP contribution in [0.15, 0.2) is 46.1 Å². The van der Waals surface area contributed by atoms with Crippen LogP contribution in [0.1, 0.15) is 26.7 Å². The van der Waals surface area contributed by atoms with Gasteiger partial charge in [0.15, 0.2) is 0 Å². The molecule has 0 aromatic carbocycles. The molecular formula is C19H23F2N9O2. The van der Waals surface area contributed by atoms with Crippen LogP contribution in [0.5, 0.6) is 0 Å². The number of guanidine groups is 1. The predicted molar refractivity (Wildman–Crippen MR) is 115 cm³/mol. The van der Waals surface area contributed by atoms with Crippen LogP contribution in [0.3, 0.4) is 0 Å². The first kappa shape index (κ1) is 22.8. The van der Waals surface area contributed by atoms with Gasteiger partial charge in [0.2, 0.25) is 11.9 Å². The maximum Gasteiger partial charge on any atom is 0.260 e. The highest BCUT2D eigenvalue weighted by molar-refractivity contribution is 6.08. The Hall–Kier alpha value is -3.90. The number of nitrogens with two attached hydrogens (primary N) is 1. The molecule has 2 unspecified atom stereocenters. The SMILES string of the molecule is CC/C(=N\O)C1C=C(C)C(N=C(N)N(C=N)c2cc(NC(=O)C3CC3(F)F)ncn2)=CN1. The molecule has 3 rings (SSSR count). The molecule has 1 aromatic rings. The molecule has 2 heterocycles. The van der Waals surface area contributed by atoms with Crippen LogP contribution in [0, 0.1) is 11.3 Å². The Kier molecular flexibility index (Phi) is 6.46. The van der Waals surface area contributed by atoms with Gasteiger partial charge in [-0.3, -0.25) is 15.1 Å².